The van der Waals surface area contributed by atoms with E-state index in [2.05, 4.69) is 28.1 Å². The number of rotatable bonds is 6. The number of carbonyl (C=O) groups excluding carboxylic acids is 2. The van der Waals surface area contributed by atoms with E-state index >= 15 is 0 Å². The zero-order valence-corrected chi connectivity index (χ0v) is 15.4. The van der Waals surface area contributed by atoms with Gasteiger partial charge in [0, 0.05) is 5.56 Å². The van der Waals surface area contributed by atoms with Crippen molar-refractivity contribution in [3.05, 3.63) is 77.4 Å². The second-order valence-electron chi connectivity index (χ2n) is 6.19. The van der Waals surface area contributed by atoms with E-state index in [-0.39, 0.29) is 5.56 Å². The monoisotopic (exact) mass is 381 g/mol. The molecule has 0 unspecified atom stereocenters. The van der Waals surface area contributed by atoms with E-state index in [9.17, 15) is 14.0 Å². The predicted octanol–water partition coefficient (Wildman–Crippen LogP) is 2.82. The number of aromatic nitrogens is 3. The van der Waals surface area contributed by atoms with Crippen molar-refractivity contribution in [2.75, 3.05) is 0 Å². The highest BCUT2D eigenvalue weighted by atomic mass is 19.1. The molecule has 0 spiro atoms. The van der Waals surface area contributed by atoms with Gasteiger partial charge < -0.3 is 0 Å². The summed E-state index contributed by atoms with van der Waals surface area (Å²) in [4.78, 5) is 24.1. The van der Waals surface area contributed by atoms with Gasteiger partial charge in [0.2, 0.25) is 0 Å². The topological polar surface area (TPSA) is 88.9 Å². The quantitative estimate of drug-likeness (QED) is 0.643. The van der Waals surface area contributed by atoms with E-state index in [1.165, 1.54) is 24.3 Å². The molecule has 2 N–H and O–H groups in total. The number of benzene rings is 2. The van der Waals surface area contributed by atoms with Gasteiger partial charge in [0.1, 0.15) is 5.82 Å². The minimum atomic E-state index is -0.731. The van der Waals surface area contributed by atoms with Crippen molar-refractivity contribution < 1.29 is 14.0 Å². The van der Waals surface area contributed by atoms with Crippen molar-refractivity contribution in [1.29, 1.82) is 0 Å². The van der Waals surface area contributed by atoms with Crippen LogP contribution in [0.3, 0.4) is 0 Å². The Morgan fingerprint density at radius 3 is 2.46 bits per heavy atom. The third-order valence-corrected chi connectivity index (χ3v) is 4.13. The Morgan fingerprint density at radius 1 is 1.04 bits per heavy atom. The number of aryl methyl sites for hydroxylation is 1. The summed E-state index contributed by atoms with van der Waals surface area (Å²) in [7, 11) is 0. The minimum absolute atomic E-state index is 0.150. The van der Waals surface area contributed by atoms with Crippen LogP contribution >= 0.6 is 0 Å². The number of halogens is 1. The van der Waals surface area contributed by atoms with Crippen molar-refractivity contribution in [2.24, 2.45) is 0 Å². The predicted molar refractivity (Wildman–Crippen MR) is 101 cm³/mol. The molecule has 1 aromatic heterocycles. The maximum Gasteiger partial charge on any atom is 0.272 e. The number of amides is 2. The Labute approximate surface area is 161 Å². The van der Waals surface area contributed by atoms with Crippen LogP contribution in [0.15, 0.2) is 54.7 Å². The molecule has 0 aliphatic heterocycles. The third kappa shape index (κ3) is 4.59. The molecule has 0 aliphatic carbocycles. The Morgan fingerprint density at radius 2 is 1.75 bits per heavy atom. The molecule has 2 aromatic carbocycles. The molecule has 0 bridgehead atoms. The molecule has 8 heteroatoms. The third-order valence-electron chi connectivity index (χ3n) is 4.13. The van der Waals surface area contributed by atoms with E-state index in [1.54, 1.807) is 28.9 Å². The average Bonchev–Trinajstić information content (AvgIpc) is 3.19. The summed E-state index contributed by atoms with van der Waals surface area (Å²) in [6, 6.07) is 12.2. The lowest BCUT2D eigenvalue weighted by molar-refractivity contribution is 0.0844. The lowest BCUT2D eigenvalue weighted by Gasteiger charge is -2.08. The average molecular weight is 381 g/mol. The lowest BCUT2D eigenvalue weighted by Crippen LogP contribution is -2.41. The summed E-state index contributed by atoms with van der Waals surface area (Å²) in [5.41, 5.74) is 6.34. The first-order valence-corrected chi connectivity index (χ1v) is 8.95. The molecule has 144 valence electrons. The number of unbranched alkanes of at least 4 members (excludes halogenated alkanes) is 1. The van der Waals surface area contributed by atoms with Gasteiger partial charge >= 0.3 is 0 Å². The molecular weight excluding hydrogens is 361 g/mol. The second-order valence-corrected chi connectivity index (χ2v) is 6.19. The van der Waals surface area contributed by atoms with Crippen LogP contribution in [0.2, 0.25) is 0 Å². The van der Waals surface area contributed by atoms with Crippen LogP contribution in [-0.2, 0) is 6.42 Å². The summed E-state index contributed by atoms with van der Waals surface area (Å²) in [5, 5.41) is 8.22. The highest BCUT2D eigenvalue weighted by Crippen LogP contribution is 2.10. The fourth-order valence-electron chi connectivity index (χ4n) is 2.56. The Kier molecular flexibility index (Phi) is 6.11. The lowest BCUT2D eigenvalue weighted by atomic mass is 10.2. The highest BCUT2D eigenvalue weighted by Gasteiger charge is 2.12. The molecule has 0 saturated heterocycles. The zero-order valence-electron chi connectivity index (χ0n) is 15.4. The fraction of sp³-hybridized carbons (Fsp3) is 0.200. The van der Waals surface area contributed by atoms with Crippen LogP contribution in [0.4, 0.5) is 4.39 Å². The summed E-state index contributed by atoms with van der Waals surface area (Å²) in [6.07, 6.45) is 4.87. The van der Waals surface area contributed by atoms with E-state index in [4.69, 9.17) is 0 Å². The van der Waals surface area contributed by atoms with Crippen molar-refractivity contribution in [3.8, 4) is 5.69 Å². The summed E-state index contributed by atoms with van der Waals surface area (Å²) in [6.45, 7) is 2.12. The summed E-state index contributed by atoms with van der Waals surface area (Å²) < 4.78 is 15.2. The van der Waals surface area contributed by atoms with Crippen LogP contribution in [0.5, 0.6) is 0 Å². The number of hydrogen-bond donors (Lipinski definition) is 2. The SMILES string of the molecule is CCCCc1cn(-c2ccc(C(=O)NNC(=O)c3ccccc3F)cc2)nn1. The number of carbonyl (C=O) groups is 2. The smallest absolute Gasteiger partial charge is 0.267 e. The molecule has 0 fully saturated rings. The van der Waals surface area contributed by atoms with Gasteiger partial charge in [-0.3, -0.25) is 20.4 Å². The van der Waals surface area contributed by atoms with E-state index in [1.807, 2.05) is 6.20 Å². The van der Waals surface area contributed by atoms with Crippen LogP contribution in [-0.4, -0.2) is 26.8 Å². The van der Waals surface area contributed by atoms with Crippen molar-refractivity contribution in [1.82, 2.24) is 25.8 Å². The Bertz CT molecular complexity index is 969. The maximum absolute atomic E-state index is 13.6. The van der Waals surface area contributed by atoms with Crippen LogP contribution < -0.4 is 10.9 Å². The van der Waals surface area contributed by atoms with Crippen molar-refractivity contribution in [2.45, 2.75) is 26.2 Å². The first-order valence-electron chi connectivity index (χ1n) is 8.95. The second kappa shape index (κ2) is 8.90. The van der Waals surface area contributed by atoms with Gasteiger partial charge in [-0.05, 0) is 49.2 Å². The molecule has 0 radical (unpaired) electrons. The van der Waals surface area contributed by atoms with Crippen LogP contribution in [0.1, 0.15) is 46.2 Å². The van der Waals surface area contributed by atoms with Crippen LogP contribution in [0.25, 0.3) is 5.69 Å². The number of hydrazine groups is 1. The maximum atomic E-state index is 13.6. The molecule has 3 aromatic rings. The molecule has 3 rings (SSSR count). The van der Waals surface area contributed by atoms with E-state index < -0.39 is 17.6 Å². The van der Waals surface area contributed by atoms with Crippen molar-refractivity contribution >= 4 is 11.8 Å². The van der Waals surface area contributed by atoms with E-state index in [0.717, 1.165) is 30.6 Å². The standard InChI is InChI=1S/C20H20FN5O2/c1-2-3-6-15-13-26(25-22-15)16-11-9-14(10-12-16)19(27)23-24-20(28)17-7-4-5-8-18(17)21/h4-5,7-13H,2-3,6H2,1H3,(H,23,27)(H,24,28). The Hall–Kier alpha value is -3.55. The molecule has 0 aliphatic rings. The fourth-order valence-corrected chi connectivity index (χ4v) is 2.56. The van der Waals surface area contributed by atoms with E-state index in [0.29, 0.717) is 5.56 Å². The van der Waals surface area contributed by atoms with Crippen LogP contribution in [0, 0.1) is 5.82 Å². The van der Waals surface area contributed by atoms with Gasteiger partial charge in [0.25, 0.3) is 11.8 Å². The normalized spacial score (nSPS) is 10.5. The first kappa shape index (κ1) is 19.2. The zero-order chi connectivity index (χ0) is 19.9. The number of nitrogens with one attached hydrogen (secondary N) is 2. The largest absolute Gasteiger partial charge is 0.272 e. The molecule has 0 saturated carbocycles. The van der Waals surface area contributed by atoms with Gasteiger partial charge in [-0.25, -0.2) is 9.07 Å². The summed E-state index contributed by atoms with van der Waals surface area (Å²) >= 11 is 0. The Balaban J connectivity index is 1.60. The molecular formula is C20H20FN5O2. The molecule has 7 nitrogen and oxygen atoms in total. The minimum Gasteiger partial charge on any atom is -0.267 e. The van der Waals surface area contributed by atoms with Gasteiger partial charge in [-0.2, -0.15) is 0 Å². The molecule has 0 atom stereocenters. The van der Waals surface area contributed by atoms with Gasteiger partial charge in [0.05, 0.1) is 23.1 Å². The van der Waals surface area contributed by atoms with Gasteiger partial charge in [0.15, 0.2) is 0 Å². The molecule has 2 amide bonds. The molecule has 28 heavy (non-hydrogen) atoms. The number of nitrogens with zero attached hydrogens (tertiary/aromatic N) is 3. The highest BCUT2D eigenvalue weighted by molar-refractivity contribution is 5.99. The molecule has 1 heterocycles. The number of hydrogen-bond acceptors (Lipinski definition) is 4. The van der Waals surface area contributed by atoms with Gasteiger partial charge in [-0.1, -0.05) is 30.7 Å². The summed E-state index contributed by atoms with van der Waals surface area (Å²) in [5.74, 6) is -1.91. The first-order chi connectivity index (χ1) is 13.6. The van der Waals surface area contributed by atoms with Gasteiger partial charge in [-0.15, -0.1) is 5.10 Å². The van der Waals surface area contributed by atoms with Crippen molar-refractivity contribution in [3.63, 3.8) is 0 Å².